The smallest absolute Gasteiger partial charge is 0.266 e. The predicted molar refractivity (Wildman–Crippen MR) is 150 cm³/mol. The number of para-hydroxylation sites is 2. The average molecular weight is 505 g/mol. The topological polar surface area (TPSA) is 76.3 Å². The van der Waals surface area contributed by atoms with E-state index in [2.05, 4.69) is 27.6 Å². The average Bonchev–Trinajstić information content (AvgIpc) is 2.96. The zero-order valence-corrected chi connectivity index (χ0v) is 21.0. The number of aromatic nitrogens is 2. The lowest BCUT2D eigenvalue weighted by atomic mass is 10.0. The quantitative estimate of drug-likeness (QED) is 0.134. The molecule has 5 aromatic rings. The van der Waals surface area contributed by atoms with E-state index in [0.29, 0.717) is 27.5 Å². The van der Waals surface area contributed by atoms with Crippen LogP contribution in [0.4, 0.5) is 0 Å². The van der Waals surface area contributed by atoms with Crippen LogP contribution in [-0.4, -0.2) is 26.9 Å². The summed E-state index contributed by atoms with van der Waals surface area (Å²) in [5.41, 5.74) is 7.61. The van der Waals surface area contributed by atoms with E-state index in [-0.39, 0.29) is 17.2 Å². The third-order valence-corrected chi connectivity index (χ3v) is 6.79. The fraction of sp³-hybridized carbons (Fsp3) is 0.0667. The normalized spacial score (nSPS) is 11.4. The highest BCUT2D eigenvalue weighted by Crippen LogP contribution is 2.22. The molecule has 0 aliphatic carbocycles. The van der Waals surface area contributed by atoms with Crippen LogP contribution in [0.1, 0.15) is 12.5 Å². The molecule has 37 heavy (non-hydrogen) atoms. The van der Waals surface area contributed by atoms with E-state index in [4.69, 9.17) is 0 Å². The maximum Gasteiger partial charge on any atom is 0.266 e. The van der Waals surface area contributed by atoms with Crippen molar-refractivity contribution >= 4 is 34.3 Å². The van der Waals surface area contributed by atoms with Crippen molar-refractivity contribution in [2.75, 3.05) is 5.75 Å². The standard InChI is InChI=1S/C30H24N4O2S/c1-21(22-16-18-24(19-17-22)23-10-4-2-5-11-23)32-33-28(35)20-37-30-31-27-15-9-8-14-26(27)29(36)34(30)25-12-6-3-7-13-25/h2-19H,20H2,1H3,(H,33,35)/b32-21+. The van der Waals surface area contributed by atoms with Crippen molar-refractivity contribution < 1.29 is 4.79 Å². The first-order chi connectivity index (χ1) is 18.1. The molecule has 0 aliphatic rings. The Balaban J connectivity index is 1.30. The summed E-state index contributed by atoms with van der Waals surface area (Å²) in [7, 11) is 0. The molecular formula is C30H24N4O2S. The number of benzene rings is 4. The van der Waals surface area contributed by atoms with Gasteiger partial charge in [-0.05, 0) is 47.9 Å². The summed E-state index contributed by atoms with van der Waals surface area (Å²) in [5, 5.41) is 5.25. The van der Waals surface area contributed by atoms with Crippen LogP contribution >= 0.6 is 11.8 Å². The monoisotopic (exact) mass is 504 g/mol. The van der Waals surface area contributed by atoms with Gasteiger partial charge in [-0.25, -0.2) is 10.4 Å². The van der Waals surface area contributed by atoms with Crippen LogP contribution in [0.3, 0.4) is 0 Å². The van der Waals surface area contributed by atoms with Crippen molar-refractivity contribution in [3.63, 3.8) is 0 Å². The van der Waals surface area contributed by atoms with Crippen molar-refractivity contribution in [3.8, 4) is 16.8 Å². The zero-order chi connectivity index (χ0) is 25.6. The van der Waals surface area contributed by atoms with Crippen molar-refractivity contribution in [3.05, 3.63) is 125 Å². The number of nitrogens with zero attached hydrogens (tertiary/aromatic N) is 3. The second-order valence-corrected chi connectivity index (χ2v) is 9.29. The van der Waals surface area contributed by atoms with E-state index in [1.54, 1.807) is 16.7 Å². The van der Waals surface area contributed by atoms with Crippen molar-refractivity contribution in [1.29, 1.82) is 0 Å². The van der Waals surface area contributed by atoms with Gasteiger partial charge in [-0.1, -0.05) is 96.7 Å². The molecule has 1 N–H and O–H groups in total. The Bertz CT molecular complexity index is 1630. The number of hydrogen-bond acceptors (Lipinski definition) is 5. The van der Waals surface area contributed by atoms with Gasteiger partial charge in [0.1, 0.15) is 0 Å². The highest BCUT2D eigenvalue weighted by Gasteiger charge is 2.14. The summed E-state index contributed by atoms with van der Waals surface area (Å²) >= 11 is 1.20. The molecular weight excluding hydrogens is 480 g/mol. The highest BCUT2D eigenvalue weighted by molar-refractivity contribution is 7.99. The minimum absolute atomic E-state index is 0.0569. The molecule has 1 aromatic heterocycles. The molecule has 0 aliphatic heterocycles. The van der Waals surface area contributed by atoms with Gasteiger partial charge >= 0.3 is 0 Å². The van der Waals surface area contributed by atoms with Crippen molar-refractivity contribution in [2.45, 2.75) is 12.1 Å². The minimum Gasteiger partial charge on any atom is -0.272 e. The molecule has 6 nitrogen and oxygen atoms in total. The summed E-state index contributed by atoms with van der Waals surface area (Å²) < 4.78 is 1.54. The SMILES string of the molecule is C/C(=N\NC(=O)CSc1nc2ccccc2c(=O)n1-c1ccccc1)c1ccc(-c2ccccc2)cc1. The van der Waals surface area contributed by atoms with Crippen LogP contribution < -0.4 is 11.0 Å². The lowest BCUT2D eigenvalue weighted by Crippen LogP contribution is -2.24. The second kappa shape index (κ2) is 11.1. The Morgan fingerprint density at radius 3 is 2.19 bits per heavy atom. The molecule has 7 heteroatoms. The molecule has 5 rings (SSSR count). The van der Waals surface area contributed by atoms with Crippen LogP contribution in [0.25, 0.3) is 27.7 Å². The second-order valence-electron chi connectivity index (χ2n) is 8.35. The first-order valence-electron chi connectivity index (χ1n) is 11.8. The molecule has 1 heterocycles. The van der Waals surface area contributed by atoms with Gasteiger partial charge in [0.15, 0.2) is 5.16 Å². The van der Waals surface area contributed by atoms with Gasteiger partial charge in [0.25, 0.3) is 11.5 Å². The minimum atomic E-state index is -0.285. The van der Waals surface area contributed by atoms with Gasteiger partial charge in [-0.15, -0.1) is 0 Å². The Hall–Kier alpha value is -4.49. The van der Waals surface area contributed by atoms with Crippen molar-refractivity contribution in [1.82, 2.24) is 15.0 Å². The molecule has 0 unspecified atom stereocenters. The molecule has 0 saturated heterocycles. The number of carbonyl (C=O) groups excluding carboxylic acids is 1. The van der Waals surface area contributed by atoms with E-state index in [0.717, 1.165) is 16.7 Å². The molecule has 0 fully saturated rings. The van der Waals surface area contributed by atoms with Gasteiger partial charge in [-0.2, -0.15) is 5.10 Å². The van der Waals surface area contributed by atoms with E-state index >= 15 is 0 Å². The van der Waals surface area contributed by atoms with E-state index in [1.165, 1.54) is 11.8 Å². The number of fused-ring (bicyclic) bond motifs is 1. The Morgan fingerprint density at radius 2 is 1.46 bits per heavy atom. The molecule has 0 saturated carbocycles. The van der Waals surface area contributed by atoms with E-state index in [1.807, 2.05) is 91.9 Å². The third kappa shape index (κ3) is 5.52. The van der Waals surface area contributed by atoms with E-state index < -0.39 is 0 Å². The van der Waals surface area contributed by atoms with Crippen LogP contribution in [0.2, 0.25) is 0 Å². The number of nitrogens with one attached hydrogen (secondary N) is 1. The number of rotatable bonds is 7. The molecule has 0 spiro atoms. The number of thioether (sulfide) groups is 1. The Morgan fingerprint density at radius 1 is 0.838 bits per heavy atom. The van der Waals surface area contributed by atoms with Crippen LogP contribution in [-0.2, 0) is 4.79 Å². The predicted octanol–water partition coefficient (Wildman–Crippen LogP) is 5.69. The van der Waals surface area contributed by atoms with E-state index in [9.17, 15) is 9.59 Å². The molecule has 0 atom stereocenters. The molecule has 0 bridgehead atoms. The zero-order valence-electron chi connectivity index (χ0n) is 20.2. The fourth-order valence-corrected chi connectivity index (χ4v) is 4.73. The van der Waals surface area contributed by atoms with Crippen LogP contribution in [0, 0.1) is 0 Å². The number of hydrazone groups is 1. The molecule has 1 amide bonds. The lowest BCUT2D eigenvalue weighted by Gasteiger charge is -2.13. The Labute approximate surface area is 218 Å². The summed E-state index contributed by atoms with van der Waals surface area (Å²) in [4.78, 5) is 30.6. The van der Waals surface area contributed by atoms with Crippen LogP contribution in [0.5, 0.6) is 0 Å². The first-order valence-corrected chi connectivity index (χ1v) is 12.8. The summed E-state index contributed by atoms with van der Waals surface area (Å²) in [5.74, 6) is -0.228. The van der Waals surface area contributed by atoms with Gasteiger partial charge in [0, 0.05) is 0 Å². The third-order valence-electron chi connectivity index (χ3n) is 5.85. The Kier molecular flexibility index (Phi) is 7.23. The summed E-state index contributed by atoms with van der Waals surface area (Å²) in [6.07, 6.45) is 0. The van der Waals surface area contributed by atoms with Crippen molar-refractivity contribution in [2.24, 2.45) is 5.10 Å². The maximum atomic E-state index is 13.3. The number of amides is 1. The summed E-state index contributed by atoms with van der Waals surface area (Å²) in [6.45, 7) is 1.85. The molecule has 0 radical (unpaired) electrons. The molecule has 182 valence electrons. The van der Waals surface area contributed by atoms with Gasteiger partial charge in [0.05, 0.1) is 28.1 Å². The lowest BCUT2D eigenvalue weighted by molar-refractivity contribution is -0.118. The highest BCUT2D eigenvalue weighted by atomic mass is 32.2. The summed E-state index contributed by atoms with van der Waals surface area (Å²) in [6, 6.07) is 34.7. The van der Waals surface area contributed by atoms with Gasteiger partial charge in [-0.3, -0.25) is 14.2 Å². The van der Waals surface area contributed by atoms with Crippen LogP contribution in [0.15, 0.2) is 124 Å². The largest absolute Gasteiger partial charge is 0.272 e. The number of carbonyl (C=O) groups is 1. The number of hydrogen-bond donors (Lipinski definition) is 1. The first kappa shape index (κ1) is 24.2. The molecule has 4 aromatic carbocycles. The maximum absolute atomic E-state index is 13.3. The fourth-order valence-electron chi connectivity index (χ4n) is 3.92. The van der Waals surface area contributed by atoms with Gasteiger partial charge < -0.3 is 0 Å². The van der Waals surface area contributed by atoms with Gasteiger partial charge in [0.2, 0.25) is 0 Å².